The molecular weight excluding hydrogens is 707 g/mol. The van der Waals surface area contributed by atoms with Gasteiger partial charge >= 0.3 is 19.8 Å². The number of aliphatic hydroxyl groups is 2. The number of phosphoric acid groups is 1. The van der Waals surface area contributed by atoms with E-state index in [1.807, 2.05) is 18.2 Å². The van der Waals surface area contributed by atoms with Crippen LogP contribution >= 0.6 is 7.82 Å². The van der Waals surface area contributed by atoms with Gasteiger partial charge in [0.25, 0.3) is 0 Å². The summed E-state index contributed by atoms with van der Waals surface area (Å²) in [6, 6.07) is 0. The Labute approximate surface area is 327 Å². The Hall–Kier alpha value is -2.59. The second-order valence-electron chi connectivity index (χ2n) is 13.3. The fourth-order valence-electron chi connectivity index (χ4n) is 5.00. The van der Waals surface area contributed by atoms with Crippen LogP contribution in [0.2, 0.25) is 0 Å². The maximum atomic E-state index is 12.5. The molecule has 0 saturated heterocycles. The minimum Gasteiger partial charge on any atom is -0.462 e. The monoisotopic (exact) mass is 780 g/mol. The highest BCUT2D eigenvalue weighted by atomic mass is 31.2. The number of carbonyl (C=O) groups excluding carboxylic acids is 2. The van der Waals surface area contributed by atoms with Crippen LogP contribution in [0.25, 0.3) is 0 Å². The molecular formula is C43H73O10P. The first-order valence-electron chi connectivity index (χ1n) is 20.4. The van der Waals surface area contributed by atoms with E-state index in [9.17, 15) is 24.2 Å². The lowest BCUT2D eigenvalue weighted by Gasteiger charge is -2.20. The molecule has 0 bridgehead atoms. The first kappa shape index (κ1) is 51.4. The van der Waals surface area contributed by atoms with Gasteiger partial charge in [0.05, 0.1) is 26.2 Å². The molecule has 3 N–H and O–H groups in total. The molecule has 0 saturated carbocycles. The van der Waals surface area contributed by atoms with Gasteiger partial charge in [0.2, 0.25) is 0 Å². The van der Waals surface area contributed by atoms with Crippen LogP contribution in [0.1, 0.15) is 149 Å². The van der Waals surface area contributed by atoms with Crippen molar-refractivity contribution in [2.24, 2.45) is 0 Å². The van der Waals surface area contributed by atoms with Gasteiger partial charge < -0.3 is 24.6 Å². The number of carbonyl (C=O) groups is 2. The van der Waals surface area contributed by atoms with Gasteiger partial charge in [-0.15, -0.1) is 0 Å². The van der Waals surface area contributed by atoms with Gasteiger partial charge in [0.15, 0.2) is 6.10 Å². The summed E-state index contributed by atoms with van der Waals surface area (Å²) in [5.74, 6) is -1.09. The quantitative estimate of drug-likeness (QED) is 0.0241. The minimum absolute atomic E-state index is 0.0526. The molecule has 310 valence electrons. The number of aliphatic hydroxyl groups excluding tert-OH is 2. The molecule has 0 spiro atoms. The van der Waals surface area contributed by atoms with E-state index in [-0.39, 0.29) is 19.4 Å². The molecule has 0 heterocycles. The third kappa shape index (κ3) is 37.7. The average Bonchev–Trinajstić information content (AvgIpc) is 3.16. The van der Waals surface area contributed by atoms with Gasteiger partial charge in [0, 0.05) is 6.42 Å². The first-order chi connectivity index (χ1) is 26.2. The lowest BCUT2D eigenvalue weighted by molar-refractivity contribution is -0.160. The number of unbranched alkanes of at least 4 members (excludes halogenated alkanes) is 12. The maximum absolute atomic E-state index is 12.5. The number of hydrogen-bond acceptors (Lipinski definition) is 9. The standard InChI is InChI=1S/C43H73O10P/c1-3-5-7-9-11-13-15-17-19-21-22-24-26-28-30-32-34-42(46)50-38-41(39-52-54(48,49)51-37-40(45)36-44)53-43(47)35-33-31-29-27-25-23-20-18-16-14-12-10-8-6-4-2/h6,8,12,14,18-21,25,27,31,33,40-41,44-45H,3-5,7,9-11,13,15-17,22-24,26,28-30,32,34-39H2,1-2H3,(H,48,49)/b8-6-,14-12-,20-18-,21-19-,27-25-,33-31-. The van der Waals surface area contributed by atoms with E-state index < -0.39 is 51.8 Å². The molecule has 0 aliphatic heterocycles. The van der Waals surface area contributed by atoms with E-state index in [1.54, 1.807) is 6.08 Å². The van der Waals surface area contributed by atoms with Crippen molar-refractivity contribution in [3.8, 4) is 0 Å². The third-order valence-electron chi connectivity index (χ3n) is 8.13. The average molecular weight is 781 g/mol. The molecule has 11 heteroatoms. The molecule has 0 radical (unpaired) electrons. The van der Waals surface area contributed by atoms with Crippen molar-refractivity contribution in [1.82, 2.24) is 0 Å². The zero-order valence-corrected chi connectivity index (χ0v) is 34.3. The SMILES string of the molecule is CC/C=C\C/C=C\C/C=C\C/C=C\C/C=C\CC(=O)OC(COC(=O)CCCCCCC/C=C\CCCCCCCCC)COP(=O)(O)OCC(O)CO. The molecule has 3 atom stereocenters. The molecule has 0 aromatic heterocycles. The zero-order valence-electron chi connectivity index (χ0n) is 33.4. The Morgan fingerprint density at radius 2 is 1.07 bits per heavy atom. The Morgan fingerprint density at radius 1 is 0.593 bits per heavy atom. The number of hydrogen-bond donors (Lipinski definition) is 3. The Kier molecular flexibility index (Phi) is 36.8. The summed E-state index contributed by atoms with van der Waals surface area (Å²) in [6.45, 7) is 2.12. The molecule has 10 nitrogen and oxygen atoms in total. The number of phosphoric ester groups is 1. The predicted octanol–water partition coefficient (Wildman–Crippen LogP) is 10.5. The fraction of sp³-hybridized carbons (Fsp3) is 0.674. The normalized spacial score (nSPS) is 14.7. The van der Waals surface area contributed by atoms with Gasteiger partial charge in [-0.2, -0.15) is 0 Å². The van der Waals surface area contributed by atoms with Crippen molar-refractivity contribution < 1.29 is 47.8 Å². The molecule has 0 aromatic rings. The number of rotatable bonds is 37. The van der Waals surface area contributed by atoms with Gasteiger partial charge in [-0.3, -0.25) is 18.6 Å². The Morgan fingerprint density at radius 3 is 1.61 bits per heavy atom. The van der Waals surface area contributed by atoms with Crippen molar-refractivity contribution in [2.75, 3.05) is 26.4 Å². The highest BCUT2D eigenvalue weighted by Crippen LogP contribution is 2.43. The van der Waals surface area contributed by atoms with Crippen LogP contribution in [0, 0.1) is 0 Å². The van der Waals surface area contributed by atoms with E-state index in [1.165, 1.54) is 44.9 Å². The van der Waals surface area contributed by atoms with Crippen LogP contribution in [-0.4, -0.2) is 65.7 Å². The van der Waals surface area contributed by atoms with Gasteiger partial charge in [0.1, 0.15) is 12.7 Å². The van der Waals surface area contributed by atoms with Crippen LogP contribution < -0.4 is 0 Å². The van der Waals surface area contributed by atoms with E-state index in [0.717, 1.165) is 64.2 Å². The summed E-state index contributed by atoms with van der Waals surface area (Å²) in [5.41, 5.74) is 0. The molecule has 54 heavy (non-hydrogen) atoms. The molecule has 0 aliphatic rings. The highest BCUT2D eigenvalue weighted by molar-refractivity contribution is 7.47. The predicted molar refractivity (Wildman–Crippen MR) is 219 cm³/mol. The molecule has 0 rings (SSSR count). The molecule has 0 aromatic carbocycles. The largest absolute Gasteiger partial charge is 0.472 e. The van der Waals surface area contributed by atoms with Crippen molar-refractivity contribution in [3.05, 3.63) is 72.9 Å². The third-order valence-corrected chi connectivity index (χ3v) is 9.08. The number of ether oxygens (including phenoxy) is 2. The van der Waals surface area contributed by atoms with Gasteiger partial charge in [-0.25, -0.2) is 4.57 Å². The van der Waals surface area contributed by atoms with E-state index in [4.69, 9.17) is 19.1 Å². The fourth-order valence-corrected chi connectivity index (χ4v) is 5.79. The van der Waals surface area contributed by atoms with Crippen LogP contribution in [0.15, 0.2) is 72.9 Å². The van der Waals surface area contributed by atoms with Crippen LogP contribution in [-0.2, 0) is 32.7 Å². The van der Waals surface area contributed by atoms with Crippen molar-refractivity contribution in [2.45, 2.75) is 161 Å². The van der Waals surface area contributed by atoms with Gasteiger partial charge in [-0.05, 0) is 64.2 Å². The lowest BCUT2D eigenvalue weighted by atomic mass is 10.1. The summed E-state index contributed by atoms with van der Waals surface area (Å²) < 4.78 is 32.5. The van der Waals surface area contributed by atoms with Crippen LogP contribution in [0.4, 0.5) is 0 Å². The van der Waals surface area contributed by atoms with Crippen molar-refractivity contribution >= 4 is 19.8 Å². The second-order valence-corrected chi connectivity index (χ2v) is 14.7. The van der Waals surface area contributed by atoms with E-state index in [0.29, 0.717) is 12.8 Å². The maximum Gasteiger partial charge on any atom is 0.472 e. The number of esters is 2. The summed E-state index contributed by atoms with van der Waals surface area (Å²) in [4.78, 5) is 34.8. The van der Waals surface area contributed by atoms with E-state index in [2.05, 4.69) is 67.0 Å². The zero-order chi connectivity index (χ0) is 39.8. The smallest absolute Gasteiger partial charge is 0.462 e. The second kappa shape index (κ2) is 38.7. The Bertz CT molecular complexity index is 1130. The van der Waals surface area contributed by atoms with E-state index >= 15 is 0 Å². The topological polar surface area (TPSA) is 149 Å². The van der Waals surface area contributed by atoms with Crippen LogP contribution in [0.5, 0.6) is 0 Å². The summed E-state index contributed by atoms with van der Waals surface area (Å²) in [6.07, 6.45) is 43.3. The molecule has 0 aliphatic carbocycles. The molecule has 0 fully saturated rings. The van der Waals surface area contributed by atoms with Crippen molar-refractivity contribution in [1.29, 1.82) is 0 Å². The lowest BCUT2D eigenvalue weighted by Crippen LogP contribution is -2.29. The Balaban J connectivity index is 4.48. The summed E-state index contributed by atoms with van der Waals surface area (Å²) >= 11 is 0. The highest BCUT2D eigenvalue weighted by Gasteiger charge is 2.27. The van der Waals surface area contributed by atoms with Crippen molar-refractivity contribution in [3.63, 3.8) is 0 Å². The minimum atomic E-state index is -4.64. The van der Waals surface area contributed by atoms with Crippen LogP contribution in [0.3, 0.4) is 0 Å². The number of allylic oxidation sites excluding steroid dienone is 11. The van der Waals surface area contributed by atoms with Gasteiger partial charge in [-0.1, -0.05) is 145 Å². The molecule has 0 amide bonds. The summed E-state index contributed by atoms with van der Waals surface area (Å²) in [7, 11) is -4.64. The summed E-state index contributed by atoms with van der Waals surface area (Å²) in [5, 5.41) is 18.3. The molecule has 3 unspecified atom stereocenters. The first-order valence-corrected chi connectivity index (χ1v) is 21.9.